The van der Waals surface area contributed by atoms with E-state index in [4.69, 9.17) is 42.4 Å². The maximum Gasteiger partial charge on any atom is 0.328 e. The maximum atomic E-state index is 12.9. The standard InChI is InChI=1S/C33H39Cl2N3O6/c1-21-18-23(37-31(44-33(2,3)4)25(21)8-7-16-36-20-39)15-17-43-24-13-11-22(12-14-24)19-28(32(41)42-5)38-30(40)29-26(34)9-6-10-27(29)35/h6,9-14,18,20,28H,7-8,15-17,19H2,1-5H3,(H,36,39)(H,38,40). The molecule has 2 amide bonds. The average molecular weight is 645 g/mol. The quantitative estimate of drug-likeness (QED) is 0.124. The summed E-state index contributed by atoms with van der Waals surface area (Å²) in [6.45, 7) is 8.96. The van der Waals surface area contributed by atoms with Gasteiger partial charge in [0.05, 0.1) is 29.3 Å². The van der Waals surface area contributed by atoms with Gasteiger partial charge in [-0.1, -0.05) is 41.4 Å². The van der Waals surface area contributed by atoms with E-state index in [0.717, 1.165) is 35.2 Å². The summed E-state index contributed by atoms with van der Waals surface area (Å²) in [5.74, 6) is 0.0892. The molecule has 9 nitrogen and oxygen atoms in total. The fraction of sp³-hybridized carbons (Fsp3) is 0.394. The van der Waals surface area contributed by atoms with Crippen LogP contribution < -0.4 is 20.1 Å². The van der Waals surface area contributed by atoms with Gasteiger partial charge in [0.2, 0.25) is 12.3 Å². The molecule has 44 heavy (non-hydrogen) atoms. The number of ether oxygens (including phenoxy) is 3. The first kappa shape index (κ1) is 34.7. The van der Waals surface area contributed by atoms with Gasteiger partial charge in [-0.25, -0.2) is 9.78 Å². The Bertz CT molecular complexity index is 1420. The van der Waals surface area contributed by atoms with Crippen LogP contribution in [0.3, 0.4) is 0 Å². The van der Waals surface area contributed by atoms with E-state index in [1.54, 1.807) is 30.3 Å². The number of nitrogens with zero attached hydrogens (tertiary/aromatic N) is 1. The van der Waals surface area contributed by atoms with Crippen LogP contribution in [0.1, 0.15) is 59.9 Å². The van der Waals surface area contributed by atoms with Crippen LogP contribution >= 0.6 is 23.2 Å². The summed E-state index contributed by atoms with van der Waals surface area (Å²) in [5, 5.41) is 5.74. The number of pyridine rings is 1. The smallest absolute Gasteiger partial charge is 0.328 e. The lowest BCUT2D eigenvalue weighted by atomic mass is 10.0. The number of rotatable bonds is 15. The van der Waals surface area contributed by atoms with Crippen molar-refractivity contribution in [3.8, 4) is 11.6 Å². The van der Waals surface area contributed by atoms with Crippen LogP contribution in [0.5, 0.6) is 11.6 Å². The van der Waals surface area contributed by atoms with Gasteiger partial charge in [-0.2, -0.15) is 0 Å². The summed E-state index contributed by atoms with van der Waals surface area (Å²) < 4.78 is 17.1. The zero-order valence-corrected chi connectivity index (χ0v) is 27.2. The first-order chi connectivity index (χ1) is 20.9. The molecule has 3 aromatic rings. The Kier molecular flexibility index (Phi) is 12.8. The molecule has 1 unspecified atom stereocenters. The van der Waals surface area contributed by atoms with E-state index in [1.807, 2.05) is 45.9 Å². The molecule has 1 atom stereocenters. The van der Waals surface area contributed by atoms with Gasteiger partial charge in [0.1, 0.15) is 17.4 Å². The minimum atomic E-state index is -0.949. The summed E-state index contributed by atoms with van der Waals surface area (Å²) >= 11 is 12.3. The maximum absolute atomic E-state index is 12.9. The molecule has 0 bridgehead atoms. The van der Waals surface area contributed by atoms with Gasteiger partial charge >= 0.3 is 5.97 Å². The lowest BCUT2D eigenvalue weighted by Gasteiger charge is -2.24. The second-order valence-corrected chi connectivity index (χ2v) is 12.0. The van der Waals surface area contributed by atoms with E-state index >= 15 is 0 Å². The number of esters is 1. The average Bonchev–Trinajstić information content (AvgIpc) is 2.95. The third-order valence-electron chi connectivity index (χ3n) is 6.57. The normalized spacial score (nSPS) is 11.8. The molecule has 0 aliphatic heterocycles. The molecule has 236 valence electrons. The van der Waals surface area contributed by atoms with Gasteiger partial charge in [0, 0.05) is 30.6 Å². The van der Waals surface area contributed by atoms with Crippen molar-refractivity contribution >= 4 is 41.5 Å². The third-order valence-corrected chi connectivity index (χ3v) is 7.20. The van der Waals surface area contributed by atoms with Gasteiger partial charge < -0.3 is 24.8 Å². The second kappa shape index (κ2) is 16.3. The van der Waals surface area contributed by atoms with Crippen molar-refractivity contribution < 1.29 is 28.6 Å². The number of amides is 2. The van der Waals surface area contributed by atoms with Crippen LogP contribution in [-0.2, 0) is 33.6 Å². The molecule has 0 spiro atoms. The molecular formula is C33H39Cl2N3O6. The summed E-state index contributed by atoms with van der Waals surface area (Å²) in [5.41, 5.74) is 3.43. The molecule has 2 N–H and O–H groups in total. The zero-order valence-electron chi connectivity index (χ0n) is 25.7. The molecule has 2 aromatic carbocycles. The van der Waals surface area contributed by atoms with Crippen LogP contribution in [0.4, 0.5) is 0 Å². The molecule has 0 fully saturated rings. The molecule has 0 aliphatic rings. The first-order valence-electron chi connectivity index (χ1n) is 14.3. The van der Waals surface area contributed by atoms with Crippen LogP contribution in [0.15, 0.2) is 48.5 Å². The zero-order chi connectivity index (χ0) is 32.3. The fourth-order valence-electron chi connectivity index (χ4n) is 4.48. The van der Waals surface area contributed by atoms with Gasteiger partial charge in [0.15, 0.2) is 0 Å². The predicted molar refractivity (Wildman–Crippen MR) is 171 cm³/mol. The van der Waals surface area contributed by atoms with Crippen LogP contribution in [0.25, 0.3) is 0 Å². The van der Waals surface area contributed by atoms with Crippen LogP contribution in [-0.4, -0.2) is 55.2 Å². The predicted octanol–water partition coefficient (Wildman–Crippen LogP) is 5.69. The molecule has 1 heterocycles. The lowest BCUT2D eigenvalue weighted by Crippen LogP contribution is -2.43. The number of hydrogen-bond donors (Lipinski definition) is 2. The van der Waals surface area contributed by atoms with Crippen molar-refractivity contribution in [2.75, 3.05) is 20.3 Å². The Hall–Kier alpha value is -3.82. The fourth-order valence-corrected chi connectivity index (χ4v) is 5.05. The number of aryl methyl sites for hydroxylation is 1. The number of methoxy groups -OCH3 is 1. The largest absolute Gasteiger partial charge is 0.493 e. The first-order valence-corrected chi connectivity index (χ1v) is 15.1. The van der Waals surface area contributed by atoms with E-state index in [0.29, 0.717) is 37.6 Å². The number of carbonyl (C=O) groups is 3. The minimum Gasteiger partial charge on any atom is -0.493 e. The molecule has 0 radical (unpaired) electrons. The molecule has 0 saturated heterocycles. The van der Waals surface area contributed by atoms with E-state index in [-0.39, 0.29) is 22.0 Å². The van der Waals surface area contributed by atoms with E-state index in [1.165, 1.54) is 7.11 Å². The van der Waals surface area contributed by atoms with Crippen molar-refractivity contribution in [3.05, 3.63) is 86.5 Å². The second-order valence-electron chi connectivity index (χ2n) is 11.2. The third kappa shape index (κ3) is 10.4. The van der Waals surface area contributed by atoms with Crippen LogP contribution in [0, 0.1) is 6.92 Å². The Morgan fingerprint density at radius 3 is 2.34 bits per heavy atom. The van der Waals surface area contributed by atoms with E-state index in [9.17, 15) is 14.4 Å². The van der Waals surface area contributed by atoms with Gasteiger partial charge in [0.25, 0.3) is 5.91 Å². The van der Waals surface area contributed by atoms with Crippen molar-refractivity contribution in [3.63, 3.8) is 0 Å². The topological polar surface area (TPSA) is 116 Å². The van der Waals surface area contributed by atoms with Crippen molar-refractivity contribution in [2.24, 2.45) is 0 Å². The van der Waals surface area contributed by atoms with Gasteiger partial charge in [-0.05, 0) is 82.0 Å². The Morgan fingerprint density at radius 1 is 1.05 bits per heavy atom. The Balaban J connectivity index is 1.63. The number of benzene rings is 2. The number of nitrogens with one attached hydrogen (secondary N) is 2. The highest BCUT2D eigenvalue weighted by Crippen LogP contribution is 2.27. The number of carbonyl (C=O) groups excluding carboxylic acids is 3. The summed E-state index contributed by atoms with van der Waals surface area (Å²) in [6.07, 6.45) is 2.98. The van der Waals surface area contributed by atoms with Crippen molar-refractivity contribution in [1.82, 2.24) is 15.6 Å². The molecule has 0 aliphatic carbocycles. The van der Waals surface area contributed by atoms with Crippen molar-refractivity contribution in [1.29, 1.82) is 0 Å². The highest BCUT2D eigenvalue weighted by molar-refractivity contribution is 6.39. The van der Waals surface area contributed by atoms with Crippen molar-refractivity contribution in [2.45, 2.75) is 65.0 Å². The number of hydrogen-bond acceptors (Lipinski definition) is 7. The summed E-state index contributed by atoms with van der Waals surface area (Å²) in [6, 6.07) is 13.1. The van der Waals surface area contributed by atoms with Gasteiger partial charge in [-0.3, -0.25) is 9.59 Å². The van der Waals surface area contributed by atoms with E-state index < -0.39 is 23.5 Å². The molecular weight excluding hydrogens is 605 g/mol. The minimum absolute atomic E-state index is 0.0942. The van der Waals surface area contributed by atoms with E-state index in [2.05, 4.69) is 10.6 Å². The monoisotopic (exact) mass is 643 g/mol. The van der Waals surface area contributed by atoms with Crippen LogP contribution in [0.2, 0.25) is 10.0 Å². The molecule has 0 saturated carbocycles. The molecule has 11 heteroatoms. The highest BCUT2D eigenvalue weighted by Gasteiger charge is 2.25. The Labute approximate surface area is 268 Å². The van der Waals surface area contributed by atoms with Gasteiger partial charge in [-0.15, -0.1) is 0 Å². The summed E-state index contributed by atoms with van der Waals surface area (Å²) in [4.78, 5) is 40.7. The molecule has 1 aromatic heterocycles. The number of halogens is 2. The Morgan fingerprint density at radius 2 is 1.73 bits per heavy atom. The molecule has 3 rings (SSSR count). The highest BCUT2D eigenvalue weighted by atomic mass is 35.5. The summed E-state index contributed by atoms with van der Waals surface area (Å²) in [7, 11) is 1.26. The number of aromatic nitrogens is 1. The SMILES string of the molecule is COC(=O)C(Cc1ccc(OCCc2cc(C)c(CCCNC=O)c(OC(C)(C)C)n2)cc1)NC(=O)c1c(Cl)cccc1Cl. The lowest BCUT2D eigenvalue weighted by molar-refractivity contribution is -0.142.